The summed E-state index contributed by atoms with van der Waals surface area (Å²) in [6.45, 7) is 2.44. The highest BCUT2D eigenvalue weighted by Crippen LogP contribution is 2.17. The number of nitrogens with zero attached hydrogens (tertiary/aromatic N) is 2. The monoisotopic (exact) mass is 375 g/mol. The Kier molecular flexibility index (Phi) is 5.42. The first-order valence-corrected chi connectivity index (χ1v) is 8.74. The lowest BCUT2D eigenvalue weighted by atomic mass is 10.2. The topological polar surface area (TPSA) is 122 Å². The maximum Gasteiger partial charge on any atom is 0.322 e. The molecule has 136 valence electrons. The van der Waals surface area contributed by atoms with Crippen LogP contribution in [0.15, 0.2) is 24.3 Å². The summed E-state index contributed by atoms with van der Waals surface area (Å²) in [5.41, 5.74) is 1.12. The van der Waals surface area contributed by atoms with E-state index >= 15 is 0 Å². The van der Waals surface area contributed by atoms with Crippen LogP contribution in [-0.4, -0.2) is 40.7 Å². The number of amides is 4. The number of imide groups is 1. The second-order valence-corrected chi connectivity index (χ2v) is 6.75. The summed E-state index contributed by atoms with van der Waals surface area (Å²) in [6.07, 6.45) is 0.394. The minimum atomic E-state index is -0.863. The number of carbonyl (C=O) groups excluding carboxylic acids is 3. The van der Waals surface area contributed by atoms with Gasteiger partial charge in [0, 0.05) is 6.42 Å². The second-order valence-electron chi connectivity index (χ2n) is 5.68. The minimum Gasteiger partial charge on any atom is -0.493 e. The molecule has 3 N–H and O–H groups in total. The van der Waals surface area contributed by atoms with Crippen LogP contribution in [0.5, 0.6) is 5.75 Å². The van der Waals surface area contributed by atoms with E-state index in [0.29, 0.717) is 18.2 Å². The van der Waals surface area contributed by atoms with Gasteiger partial charge in [-0.25, -0.2) is 4.79 Å². The van der Waals surface area contributed by atoms with E-state index in [-0.39, 0.29) is 6.42 Å². The number of benzene rings is 1. The number of hydrogen-bond donors (Lipinski definition) is 3. The number of hydrogen-bond acceptors (Lipinski definition) is 7. The molecule has 1 aromatic heterocycles. The van der Waals surface area contributed by atoms with Crippen molar-refractivity contribution in [2.75, 3.05) is 11.9 Å². The molecule has 1 atom stereocenters. The van der Waals surface area contributed by atoms with Crippen molar-refractivity contribution in [2.24, 2.45) is 0 Å². The van der Waals surface area contributed by atoms with E-state index in [0.717, 1.165) is 16.3 Å². The predicted molar refractivity (Wildman–Crippen MR) is 94.0 cm³/mol. The van der Waals surface area contributed by atoms with Gasteiger partial charge in [0.05, 0.1) is 13.0 Å². The fourth-order valence-electron chi connectivity index (χ4n) is 2.32. The standard InChI is InChI=1S/C16H17N5O4S/c1-9-3-2-4-10(7-9)25-6-5-13-20-21-16(26-13)18-12(22)8-11-14(23)19-15(24)17-11/h2-4,7,11H,5-6,8H2,1H3,(H,18,21,22)(H2,17,19,23,24)/t11-/m1/s1. The summed E-state index contributed by atoms with van der Waals surface area (Å²) in [5.74, 6) is -0.151. The van der Waals surface area contributed by atoms with Gasteiger partial charge in [-0.15, -0.1) is 10.2 Å². The van der Waals surface area contributed by atoms with Crippen molar-refractivity contribution in [3.8, 4) is 5.75 Å². The third-order valence-corrected chi connectivity index (χ3v) is 4.43. The number of aryl methyl sites for hydroxylation is 1. The van der Waals surface area contributed by atoms with E-state index in [9.17, 15) is 14.4 Å². The molecular formula is C16H17N5O4S. The van der Waals surface area contributed by atoms with Crippen LogP contribution in [-0.2, 0) is 16.0 Å². The number of nitrogens with one attached hydrogen (secondary N) is 3. The molecule has 10 heteroatoms. The number of rotatable bonds is 7. The molecule has 1 saturated heterocycles. The van der Waals surface area contributed by atoms with Crippen molar-refractivity contribution in [3.05, 3.63) is 34.8 Å². The minimum absolute atomic E-state index is 0.164. The van der Waals surface area contributed by atoms with Crippen LogP contribution in [0.3, 0.4) is 0 Å². The first-order chi connectivity index (χ1) is 12.5. The molecule has 1 aromatic carbocycles. The highest BCUT2D eigenvalue weighted by atomic mass is 32.1. The summed E-state index contributed by atoms with van der Waals surface area (Å²) in [5, 5.41) is 16.0. The third kappa shape index (κ3) is 4.76. The van der Waals surface area contributed by atoms with Gasteiger partial charge in [-0.05, 0) is 24.6 Å². The maximum atomic E-state index is 11.9. The molecule has 0 radical (unpaired) electrons. The molecule has 9 nitrogen and oxygen atoms in total. The highest BCUT2D eigenvalue weighted by Gasteiger charge is 2.31. The highest BCUT2D eigenvalue weighted by molar-refractivity contribution is 7.15. The average Bonchev–Trinajstić information content (AvgIpc) is 3.13. The smallest absolute Gasteiger partial charge is 0.322 e. The number of carbonyl (C=O) groups is 3. The van der Waals surface area contributed by atoms with E-state index < -0.39 is 23.9 Å². The van der Waals surface area contributed by atoms with Gasteiger partial charge in [-0.1, -0.05) is 23.5 Å². The summed E-state index contributed by atoms with van der Waals surface area (Å²) in [6, 6.07) is 6.29. The molecule has 26 heavy (non-hydrogen) atoms. The summed E-state index contributed by atoms with van der Waals surface area (Å²) >= 11 is 1.24. The normalized spacial score (nSPS) is 16.1. The van der Waals surface area contributed by atoms with E-state index in [1.54, 1.807) is 0 Å². The molecule has 4 amide bonds. The zero-order chi connectivity index (χ0) is 18.5. The van der Waals surface area contributed by atoms with Gasteiger partial charge in [0.1, 0.15) is 16.8 Å². The SMILES string of the molecule is Cc1cccc(OCCc2nnc(NC(=O)C[C@H]3NC(=O)NC3=O)s2)c1. The maximum absolute atomic E-state index is 11.9. The van der Waals surface area contributed by atoms with Crippen molar-refractivity contribution < 1.29 is 19.1 Å². The molecule has 1 fully saturated rings. The zero-order valence-corrected chi connectivity index (χ0v) is 14.8. The lowest BCUT2D eigenvalue weighted by molar-refractivity contribution is -0.124. The van der Waals surface area contributed by atoms with Crippen molar-refractivity contribution in [1.82, 2.24) is 20.8 Å². The van der Waals surface area contributed by atoms with E-state index in [1.165, 1.54) is 11.3 Å². The van der Waals surface area contributed by atoms with Gasteiger partial charge in [-0.3, -0.25) is 14.9 Å². The van der Waals surface area contributed by atoms with E-state index in [1.807, 2.05) is 31.2 Å². The molecule has 0 spiro atoms. The van der Waals surface area contributed by atoms with Crippen LogP contribution in [0.4, 0.5) is 9.93 Å². The fraction of sp³-hybridized carbons (Fsp3) is 0.312. The third-order valence-electron chi connectivity index (χ3n) is 3.54. The van der Waals surface area contributed by atoms with Crippen molar-refractivity contribution in [1.29, 1.82) is 0 Å². The molecule has 0 unspecified atom stereocenters. The Morgan fingerprint density at radius 2 is 2.19 bits per heavy atom. The molecule has 0 aliphatic carbocycles. The van der Waals surface area contributed by atoms with Gasteiger partial charge in [-0.2, -0.15) is 0 Å². The number of aromatic nitrogens is 2. The first kappa shape index (κ1) is 17.8. The Morgan fingerprint density at radius 3 is 2.92 bits per heavy atom. The second kappa shape index (κ2) is 7.91. The van der Waals surface area contributed by atoms with Crippen molar-refractivity contribution in [3.63, 3.8) is 0 Å². The summed E-state index contributed by atoms with van der Waals surface area (Å²) in [4.78, 5) is 34.4. The molecule has 3 rings (SSSR count). The molecule has 1 aliphatic heterocycles. The Bertz CT molecular complexity index is 838. The molecule has 1 aliphatic rings. The van der Waals surface area contributed by atoms with Crippen LogP contribution in [0, 0.1) is 6.92 Å². The van der Waals surface area contributed by atoms with Crippen LogP contribution in [0.1, 0.15) is 17.0 Å². The Labute approximate surface area is 153 Å². The molecule has 2 aromatic rings. The summed E-state index contributed by atoms with van der Waals surface area (Å²) in [7, 11) is 0. The summed E-state index contributed by atoms with van der Waals surface area (Å²) < 4.78 is 5.66. The molecule has 2 heterocycles. The molecule has 0 bridgehead atoms. The number of anilines is 1. The van der Waals surface area contributed by atoms with Crippen LogP contribution < -0.4 is 20.7 Å². The number of ether oxygens (including phenoxy) is 1. The number of urea groups is 1. The lowest BCUT2D eigenvalue weighted by Gasteiger charge is -2.05. The van der Waals surface area contributed by atoms with Gasteiger partial charge in [0.2, 0.25) is 11.0 Å². The molecule has 0 saturated carbocycles. The van der Waals surface area contributed by atoms with Gasteiger partial charge in [0.25, 0.3) is 5.91 Å². The van der Waals surface area contributed by atoms with E-state index in [4.69, 9.17) is 4.74 Å². The Hall–Kier alpha value is -3.01. The lowest BCUT2D eigenvalue weighted by Crippen LogP contribution is -2.33. The van der Waals surface area contributed by atoms with Crippen LogP contribution in [0.25, 0.3) is 0 Å². The Balaban J connectivity index is 1.44. The van der Waals surface area contributed by atoms with Crippen molar-refractivity contribution >= 4 is 34.3 Å². The Morgan fingerprint density at radius 1 is 1.35 bits per heavy atom. The first-order valence-electron chi connectivity index (χ1n) is 7.92. The fourth-order valence-corrected chi connectivity index (χ4v) is 3.06. The molecular weight excluding hydrogens is 358 g/mol. The zero-order valence-electron chi connectivity index (χ0n) is 13.9. The van der Waals surface area contributed by atoms with Gasteiger partial charge >= 0.3 is 6.03 Å². The van der Waals surface area contributed by atoms with Gasteiger partial charge < -0.3 is 15.4 Å². The quantitative estimate of drug-likeness (QED) is 0.621. The average molecular weight is 375 g/mol. The predicted octanol–water partition coefficient (Wildman–Crippen LogP) is 1.00. The van der Waals surface area contributed by atoms with Crippen molar-refractivity contribution in [2.45, 2.75) is 25.8 Å². The van der Waals surface area contributed by atoms with Gasteiger partial charge in [0.15, 0.2) is 0 Å². The largest absolute Gasteiger partial charge is 0.493 e. The van der Waals surface area contributed by atoms with Crippen LogP contribution in [0.2, 0.25) is 0 Å². The van der Waals surface area contributed by atoms with Crippen LogP contribution >= 0.6 is 11.3 Å². The van der Waals surface area contributed by atoms with E-state index in [2.05, 4.69) is 26.1 Å².